The lowest BCUT2D eigenvalue weighted by Gasteiger charge is -2.39. The Hall–Kier alpha value is -1.81. The zero-order valence-corrected chi connectivity index (χ0v) is 15.9. The quantitative estimate of drug-likeness (QED) is 0.738. The van der Waals surface area contributed by atoms with Gasteiger partial charge < -0.3 is 9.80 Å². The van der Waals surface area contributed by atoms with E-state index < -0.39 is 0 Å². The van der Waals surface area contributed by atoms with Gasteiger partial charge in [-0.25, -0.2) is 0 Å². The van der Waals surface area contributed by atoms with Crippen LogP contribution in [0.4, 0.5) is 5.69 Å². The second kappa shape index (κ2) is 6.83. The van der Waals surface area contributed by atoms with E-state index in [0.29, 0.717) is 5.41 Å². The van der Waals surface area contributed by atoms with E-state index in [1.807, 2.05) is 35.2 Å². The number of nitrogens with zero attached hydrogens (tertiary/aromatic N) is 2. The molecule has 1 amide bonds. The van der Waals surface area contributed by atoms with E-state index >= 15 is 0 Å². The van der Waals surface area contributed by atoms with Gasteiger partial charge in [-0.3, -0.25) is 4.79 Å². The summed E-state index contributed by atoms with van der Waals surface area (Å²) in [6.07, 6.45) is 3.45. The molecule has 0 radical (unpaired) electrons. The van der Waals surface area contributed by atoms with Crippen molar-refractivity contribution in [2.75, 3.05) is 31.1 Å². The fraction of sp³-hybridized carbons (Fsp3) is 0.381. The molecular weight excluding hydrogens is 376 g/mol. The topological polar surface area (TPSA) is 23.6 Å². The van der Waals surface area contributed by atoms with E-state index in [9.17, 15) is 4.79 Å². The number of benzene rings is 2. The van der Waals surface area contributed by atoms with Crippen molar-refractivity contribution in [3.05, 3.63) is 64.6 Å². The zero-order chi connectivity index (χ0) is 17.3. The Morgan fingerprint density at radius 1 is 0.880 bits per heavy atom. The molecule has 2 aromatic carbocycles. The van der Waals surface area contributed by atoms with Crippen LogP contribution in [-0.4, -0.2) is 37.0 Å². The van der Waals surface area contributed by atoms with Crippen LogP contribution < -0.4 is 4.90 Å². The highest BCUT2D eigenvalue weighted by Crippen LogP contribution is 2.42. The van der Waals surface area contributed by atoms with Gasteiger partial charge in [0.05, 0.1) is 0 Å². The summed E-state index contributed by atoms with van der Waals surface area (Å²) in [6.45, 7) is 3.99. The Bertz CT molecular complexity index is 736. The number of anilines is 1. The van der Waals surface area contributed by atoms with Gasteiger partial charge in [0.25, 0.3) is 5.91 Å². The maximum atomic E-state index is 12.6. The maximum Gasteiger partial charge on any atom is 0.253 e. The van der Waals surface area contributed by atoms with Crippen molar-refractivity contribution < 1.29 is 4.79 Å². The van der Waals surface area contributed by atoms with Crippen LogP contribution in [0.2, 0.25) is 0 Å². The molecule has 0 bridgehead atoms. The van der Waals surface area contributed by atoms with Crippen LogP contribution in [0.1, 0.15) is 29.6 Å². The van der Waals surface area contributed by atoms with Gasteiger partial charge in [-0.1, -0.05) is 34.1 Å². The minimum Gasteiger partial charge on any atom is -0.371 e. The molecule has 2 aliphatic rings. The summed E-state index contributed by atoms with van der Waals surface area (Å²) in [7, 11) is 0. The van der Waals surface area contributed by atoms with Crippen LogP contribution in [0.15, 0.2) is 59.1 Å². The number of rotatable bonds is 2. The van der Waals surface area contributed by atoms with Gasteiger partial charge in [0, 0.05) is 41.9 Å². The van der Waals surface area contributed by atoms with Gasteiger partial charge in [-0.05, 0) is 61.1 Å². The Balaban J connectivity index is 1.38. The molecule has 2 aromatic rings. The van der Waals surface area contributed by atoms with E-state index in [4.69, 9.17) is 0 Å². The number of piperidine rings is 1. The van der Waals surface area contributed by atoms with Gasteiger partial charge in [-0.2, -0.15) is 0 Å². The number of hydrogen-bond acceptors (Lipinski definition) is 2. The predicted molar refractivity (Wildman–Crippen MR) is 105 cm³/mol. The SMILES string of the molecule is O=C(c1ccccc1)N1CCC2(CC1)CCN(c1ccc(Br)cc1)C2. The van der Waals surface area contributed by atoms with Crippen LogP contribution in [0.25, 0.3) is 0 Å². The van der Waals surface area contributed by atoms with E-state index in [1.54, 1.807) is 0 Å². The molecule has 2 heterocycles. The summed E-state index contributed by atoms with van der Waals surface area (Å²) in [4.78, 5) is 17.2. The lowest BCUT2D eigenvalue weighted by Crippen LogP contribution is -2.44. The van der Waals surface area contributed by atoms with E-state index in [1.165, 1.54) is 12.1 Å². The summed E-state index contributed by atoms with van der Waals surface area (Å²) < 4.78 is 1.12. The number of carbonyl (C=O) groups excluding carboxylic acids is 1. The number of likely N-dealkylation sites (tertiary alicyclic amines) is 1. The van der Waals surface area contributed by atoms with Gasteiger partial charge in [0.15, 0.2) is 0 Å². The van der Waals surface area contributed by atoms with Crippen molar-refractivity contribution >= 4 is 27.5 Å². The molecule has 0 N–H and O–H groups in total. The molecule has 0 saturated carbocycles. The van der Waals surface area contributed by atoms with Crippen LogP contribution in [-0.2, 0) is 0 Å². The van der Waals surface area contributed by atoms with Crippen LogP contribution in [0, 0.1) is 5.41 Å². The van der Waals surface area contributed by atoms with Crippen molar-refractivity contribution in [1.29, 1.82) is 0 Å². The fourth-order valence-corrected chi connectivity index (χ4v) is 4.43. The Labute approximate surface area is 157 Å². The third-order valence-electron chi connectivity index (χ3n) is 5.76. The molecule has 0 aliphatic carbocycles. The molecule has 0 atom stereocenters. The van der Waals surface area contributed by atoms with Gasteiger partial charge in [-0.15, -0.1) is 0 Å². The van der Waals surface area contributed by atoms with Crippen molar-refractivity contribution in [2.45, 2.75) is 19.3 Å². The molecule has 0 unspecified atom stereocenters. The van der Waals surface area contributed by atoms with Crippen molar-refractivity contribution in [3.63, 3.8) is 0 Å². The smallest absolute Gasteiger partial charge is 0.253 e. The average molecular weight is 399 g/mol. The van der Waals surface area contributed by atoms with Gasteiger partial charge in [0.1, 0.15) is 0 Å². The first-order valence-electron chi connectivity index (χ1n) is 9.00. The third-order valence-corrected chi connectivity index (χ3v) is 6.29. The second-order valence-corrected chi connectivity index (χ2v) is 8.22. The Morgan fingerprint density at radius 2 is 1.52 bits per heavy atom. The molecular formula is C21H23BrN2O. The van der Waals surface area contributed by atoms with E-state index in [0.717, 1.165) is 49.1 Å². The Kier molecular flexibility index (Phi) is 4.55. The second-order valence-electron chi connectivity index (χ2n) is 7.31. The van der Waals surface area contributed by atoms with Crippen molar-refractivity contribution in [1.82, 2.24) is 4.90 Å². The molecule has 2 aliphatic heterocycles. The highest BCUT2D eigenvalue weighted by Gasteiger charge is 2.41. The summed E-state index contributed by atoms with van der Waals surface area (Å²) in [5.41, 5.74) is 2.49. The number of carbonyl (C=O) groups is 1. The standard InChI is InChI=1S/C21H23BrN2O/c22-18-6-8-19(9-7-18)24-15-12-21(16-24)10-13-23(14-11-21)20(25)17-4-2-1-3-5-17/h1-9H,10-16H2. The number of amides is 1. The van der Waals surface area contributed by atoms with Crippen LogP contribution >= 0.6 is 15.9 Å². The molecule has 130 valence electrons. The largest absolute Gasteiger partial charge is 0.371 e. The zero-order valence-electron chi connectivity index (χ0n) is 14.3. The van der Waals surface area contributed by atoms with Crippen molar-refractivity contribution in [2.24, 2.45) is 5.41 Å². The molecule has 0 aromatic heterocycles. The number of halogens is 1. The van der Waals surface area contributed by atoms with E-state index in [-0.39, 0.29) is 5.91 Å². The first-order chi connectivity index (χ1) is 12.2. The monoisotopic (exact) mass is 398 g/mol. The number of hydrogen-bond donors (Lipinski definition) is 0. The highest BCUT2D eigenvalue weighted by molar-refractivity contribution is 9.10. The summed E-state index contributed by atoms with van der Waals surface area (Å²) in [5.74, 6) is 0.179. The van der Waals surface area contributed by atoms with Crippen LogP contribution in [0.3, 0.4) is 0 Å². The first kappa shape index (κ1) is 16.6. The first-order valence-corrected chi connectivity index (χ1v) is 9.79. The third kappa shape index (κ3) is 3.45. The maximum absolute atomic E-state index is 12.6. The van der Waals surface area contributed by atoms with Gasteiger partial charge >= 0.3 is 0 Å². The van der Waals surface area contributed by atoms with Crippen molar-refractivity contribution in [3.8, 4) is 0 Å². The molecule has 2 fully saturated rings. The molecule has 4 heteroatoms. The van der Waals surface area contributed by atoms with Crippen LogP contribution in [0.5, 0.6) is 0 Å². The van der Waals surface area contributed by atoms with E-state index in [2.05, 4.69) is 45.1 Å². The normalized spacial score (nSPS) is 19.4. The molecule has 25 heavy (non-hydrogen) atoms. The predicted octanol–water partition coefficient (Wildman–Crippen LogP) is 4.58. The minimum absolute atomic E-state index is 0.179. The summed E-state index contributed by atoms with van der Waals surface area (Å²) in [6, 6.07) is 18.3. The molecule has 2 saturated heterocycles. The lowest BCUT2D eigenvalue weighted by molar-refractivity contribution is 0.0610. The fourth-order valence-electron chi connectivity index (χ4n) is 4.16. The minimum atomic E-state index is 0.179. The van der Waals surface area contributed by atoms with Gasteiger partial charge in [0.2, 0.25) is 0 Å². The Morgan fingerprint density at radius 3 is 2.20 bits per heavy atom. The highest BCUT2D eigenvalue weighted by atomic mass is 79.9. The molecule has 1 spiro atoms. The summed E-state index contributed by atoms with van der Waals surface area (Å²) >= 11 is 3.51. The average Bonchev–Trinajstić information content (AvgIpc) is 3.07. The molecule has 3 nitrogen and oxygen atoms in total. The molecule has 4 rings (SSSR count). The summed E-state index contributed by atoms with van der Waals surface area (Å²) in [5, 5.41) is 0. The lowest BCUT2D eigenvalue weighted by atomic mass is 9.77.